The van der Waals surface area contributed by atoms with Gasteiger partial charge in [-0.05, 0) is 147 Å². The van der Waals surface area contributed by atoms with Crippen molar-refractivity contribution in [2.24, 2.45) is 46.3 Å². The van der Waals surface area contributed by atoms with Crippen LogP contribution in [0.2, 0.25) is 0 Å². The van der Waals surface area contributed by atoms with E-state index < -0.39 is 0 Å². The number of rotatable bonds is 8. The Bertz CT molecular complexity index is 1260. The summed E-state index contributed by atoms with van der Waals surface area (Å²) in [7, 11) is 1.75. The zero-order valence-corrected chi connectivity index (χ0v) is 26.7. The zero-order valence-electron chi connectivity index (χ0n) is 26.7. The monoisotopic (exact) mass is 587 g/mol. The molecule has 0 aliphatic heterocycles. The summed E-state index contributed by atoms with van der Waals surface area (Å²) in [6.07, 6.45) is 11.6. The van der Waals surface area contributed by atoms with E-state index in [9.17, 15) is 4.79 Å². The van der Waals surface area contributed by atoms with E-state index in [-0.39, 0.29) is 23.5 Å². The maximum Gasteiger partial charge on any atom is 0.219 e. The third-order valence-corrected chi connectivity index (χ3v) is 12.8. The molecule has 0 spiro atoms. The van der Waals surface area contributed by atoms with E-state index in [1.54, 1.807) is 7.05 Å². The molecule has 4 aliphatic carbocycles. The van der Waals surface area contributed by atoms with E-state index in [0.717, 1.165) is 60.4 Å². The van der Waals surface area contributed by atoms with Gasteiger partial charge in [0.05, 0.1) is 6.10 Å². The Morgan fingerprint density at radius 3 is 2.09 bits per heavy atom. The largest absolute Gasteiger partial charge is 0.490 e. The van der Waals surface area contributed by atoms with Gasteiger partial charge in [0.2, 0.25) is 5.91 Å². The summed E-state index contributed by atoms with van der Waals surface area (Å²) >= 11 is 0. The molecule has 0 bridgehead atoms. The Kier molecular flexibility index (Phi) is 8.34. The number of anilines is 2. The fourth-order valence-electron chi connectivity index (χ4n) is 10.6. The smallest absolute Gasteiger partial charge is 0.219 e. The summed E-state index contributed by atoms with van der Waals surface area (Å²) in [5.74, 6) is 5.80. The highest BCUT2D eigenvalue weighted by molar-refractivity contribution is 5.75. The second kappa shape index (κ2) is 11.9. The van der Waals surface area contributed by atoms with Crippen LogP contribution in [0, 0.1) is 46.3 Å². The minimum absolute atomic E-state index is 0.153. The van der Waals surface area contributed by atoms with Crippen molar-refractivity contribution in [3.8, 4) is 11.5 Å². The Balaban J connectivity index is 1.25. The van der Waals surface area contributed by atoms with Gasteiger partial charge >= 0.3 is 0 Å². The van der Waals surface area contributed by atoms with E-state index in [4.69, 9.17) is 20.9 Å². The SMILES string of the molecule is CNC(=O)CC[C@@H](C)[C@H]1CC[C@H]2[C@@H]3CC(Oc4ccc(N)cc4)C4CC(Oc5ccc(N)cc5)CC[C@]4(C)[C@H]3CC[C@]12C. The second-order valence-electron chi connectivity index (χ2n) is 15.0. The quantitative estimate of drug-likeness (QED) is 0.278. The van der Waals surface area contributed by atoms with Crippen LogP contribution in [-0.4, -0.2) is 25.2 Å². The molecular weight excluding hydrogens is 534 g/mol. The number of carbonyl (C=O) groups is 1. The molecule has 4 aliphatic rings. The number of hydrogen-bond acceptors (Lipinski definition) is 5. The summed E-state index contributed by atoms with van der Waals surface area (Å²) in [5.41, 5.74) is 14.1. The van der Waals surface area contributed by atoms with Crippen molar-refractivity contribution in [2.75, 3.05) is 18.5 Å². The molecule has 2 aromatic carbocycles. The fraction of sp³-hybridized carbons (Fsp3) is 0.649. The molecule has 0 heterocycles. The molecule has 5 N–H and O–H groups in total. The van der Waals surface area contributed by atoms with Gasteiger partial charge < -0.3 is 26.3 Å². The first-order chi connectivity index (χ1) is 20.6. The topological polar surface area (TPSA) is 99.6 Å². The van der Waals surface area contributed by atoms with Crippen molar-refractivity contribution >= 4 is 17.3 Å². The summed E-state index contributed by atoms with van der Waals surface area (Å²) < 4.78 is 13.5. The lowest BCUT2D eigenvalue weighted by Crippen LogP contribution is -2.59. The van der Waals surface area contributed by atoms with E-state index in [2.05, 4.69) is 26.1 Å². The highest BCUT2D eigenvalue weighted by Gasteiger charge is 2.63. The van der Waals surface area contributed by atoms with Crippen LogP contribution >= 0.6 is 0 Å². The molecule has 0 aromatic heterocycles. The first kappa shape index (κ1) is 30.1. The van der Waals surface area contributed by atoms with E-state index in [1.807, 2.05) is 48.5 Å². The number of nitrogens with two attached hydrogens (primary N) is 2. The minimum Gasteiger partial charge on any atom is -0.490 e. The minimum atomic E-state index is 0.153. The number of hydrogen-bond donors (Lipinski definition) is 3. The van der Waals surface area contributed by atoms with Gasteiger partial charge in [-0.2, -0.15) is 0 Å². The summed E-state index contributed by atoms with van der Waals surface area (Å²) in [6, 6.07) is 15.8. The second-order valence-corrected chi connectivity index (χ2v) is 15.0. The number of nitrogen functional groups attached to an aromatic ring is 2. The first-order valence-electron chi connectivity index (χ1n) is 16.9. The Morgan fingerprint density at radius 1 is 0.837 bits per heavy atom. The number of ether oxygens (including phenoxy) is 2. The number of amides is 1. The Labute approximate surface area is 258 Å². The molecule has 0 saturated heterocycles. The molecular formula is C37H53N3O3. The van der Waals surface area contributed by atoms with Crippen molar-refractivity contribution < 1.29 is 14.3 Å². The van der Waals surface area contributed by atoms with E-state index in [0.29, 0.717) is 35.5 Å². The Morgan fingerprint density at radius 2 is 1.44 bits per heavy atom. The van der Waals surface area contributed by atoms with Gasteiger partial charge in [0.25, 0.3) is 0 Å². The van der Waals surface area contributed by atoms with Crippen molar-refractivity contribution in [3.05, 3.63) is 48.5 Å². The normalized spacial score (nSPS) is 37.3. The van der Waals surface area contributed by atoms with Gasteiger partial charge in [-0.25, -0.2) is 0 Å². The molecule has 2 aromatic rings. The van der Waals surface area contributed by atoms with Gasteiger partial charge in [-0.1, -0.05) is 20.8 Å². The van der Waals surface area contributed by atoms with Crippen LogP contribution in [0.25, 0.3) is 0 Å². The average molecular weight is 588 g/mol. The van der Waals surface area contributed by atoms with Crippen LogP contribution in [0.5, 0.6) is 11.5 Å². The molecule has 4 fully saturated rings. The number of benzene rings is 2. The standard InChI is InChI=1S/C37H53N3O3/c1-23(5-16-35(41)40-4)30-14-15-31-29-22-34(43-27-12-8-25(39)9-13-27)33-21-28(42-26-10-6-24(38)7-11-26)17-19-37(33,3)32(29)18-20-36(30,31)2/h6-13,23,28-34H,5,14-22,38-39H2,1-4H3,(H,40,41)/t23-,28?,29+,30-,31+,32+,33?,34?,36-,37-/m1/s1. The maximum absolute atomic E-state index is 12.0. The highest BCUT2D eigenvalue weighted by Crippen LogP contribution is 2.68. The van der Waals surface area contributed by atoms with Crippen LogP contribution < -0.4 is 26.3 Å². The molecule has 6 nitrogen and oxygen atoms in total. The van der Waals surface area contributed by atoms with Crippen LogP contribution in [0.4, 0.5) is 11.4 Å². The molecule has 3 unspecified atom stereocenters. The lowest BCUT2D eigenvalue weighted by atomic mass is 9.43. The molecule has 10 atom stereocenters. The lowest BCUT2D eigenvalue weighted by molar-refractivity contribution is -0.164. The molecule has 6 heteroatoms. The lowest BCUT2D eigenvalue weighted by Gasteiger charge is -2.63. The van der Waals surface area contributed by atoms with E-state index >= 15 is 0 Å². The highest BCUT2D eigenvalue weighted by atomic mass is 16.5. The fourth-order valence-corrected chi connectivity index (χ4v) is 10.6. The van der Waals surface area contributed by atoms with Crippen molar-refractivity contribution in [3.63, 3.8) is 0 Å². The van der Waals surface area contributed by atoms with Crippen LogP contribution in [0.15, 0.2) is 48.5 Å². The third kappa shape index (κ3) is 5.71. The predicted molar refractivity (Wildman–Crippen MR) is 174 cm³/mol. The van der Waals surface area contributed by atoms with Gasteiger partial charge in [0, 0.05) is 30.8 Å². The molecule has 234 valence electrons. The van der Waals surface area contributed by atoms with Crippen LogP contribution in [0.1, 0.15) is 85.0 Å². The summed E-state index contributed by atoms with van der Waals surface area (Å²) in [4.78, 5) is 12.0. The molecule has 4 saturated carbocycles. The molecule has 43 heavy (non-hydrogen) atoms. The molecule has 0 radical (unpaired) electrons. The zero-order chi connectivity index (χ0) is 30.4. The van der Waals surface area contributed by atoms with Crippen LogP contribution in [-0.2, 0) is 4.79 Å². The van der Waals surface area contributed by atoms with Crippen molar-refractivity contribution in [1.82, 2.24) is 5.32 Å². The number of nitrogens with one attached hydrogen (secondary N) is 1. The summed E-state index contributed by atoms with van der Waals surface area (Å²) in [6.45, 7) is 7.60. The number of carbonyl (C=O) groups excluding carboxylic acids is 1. The van der Waals surface area contributed by atoms with Crippen molar-refractivity contribution in [1.29, 1.82) is 0 Å². The molecule has 1 amide bonds. The van der Waals surface area contributed by atoms with Crippen LogP contribution in [0.3, 0.4) is 0 Å². The van der Waals surface area contributed by atoms with Gasteiger partial charge in [0.1, 0.15) is 17.6 Å². The van der Waals surface area contributed by atoms with Gasteiger partial charge in [-0.15, -0.1) is 0 Å². The Hall–Kier alpha value is -2.89. The van der Waals surface area contributed by atoms with Gasteiger partial charge in [0.15, 0.2) is 0 Å². The van der Waals surface area contributed by atoms with E-state index in [1.165, 1.54) is 32.1 Å². The maximum atomic E-state index is 12.0. The predicted octanol–water partition coefficient (Wildman–Crippen LogP) is 7.48. The van der Waals surface area contributed by atoms with Gasteiger partial charge in [-0.3, -0.25) is 4.79 Å². The summed E-state index contributed by atoms with van der Waals surface area (Å²) in [5, 5.41) is 2.82. The molecule has 6 rings (SSSR count). The first-order valence-corrected chi connectivity index (χ1v) is 16.9. The van der Waals surface area contributed by atoms with Crippen molar-refractivity contribution in [2.45, 2.75) is 97.2 Å². The third-order valence-electron chi connectivity index (χ3n) is 12.8. The number of fused-ring (bicyclic) bond motifs is 5. The average Bonchev–Trinajstić information content (AvgIpc) is 3.36.